The maximum absolute atomic E-state index is 12.1. The number of nitrogens with zero attached hydrogens (tertiary/aromatic N) is 1. The van der Waals surface area contributed by atoms with Gasteiger partial charge in [0.1, 0.15) is 22.9 Å². The predicted octanol–water partition coefficient (Wildman–Crippen LogP) is 2.81. The molecule has 3 aromatic rings. The maximum atomic E-state index is 12.1. The molecule has 0 fully saturated rings. The van der Waals surface area contributed by atoms with Crippen molar-refractivity contribution in [3.63, 3.8) is 0 Å². The number of amides is 1. The summed E-state index contributed by atoms with van der Waals surface area (Å²) in [6, 6.07) is 13.0. The number of anilines is 1. The highest BCUT2D eigenvalue weighted by molar-refractivity contribution is 6.04. The summed E-state index contributed by atoms with van der Waals surface area (Å²) >= 11 is 0. The average molecular weight is 366 g/mol. The molecule has 2 aromatic carbocycles. The van der Waals surface area contributed by atoms with Crippen molar-refractivity contribution in [2.75, 3.05) is 19.0 Å². The van der Waals surface area contributed by atoms with Crippen molar-refractivity contribution in [3.8, 4) is 17.6 Å². The van der Waals surface area contributed by atoms with Gasteiger partial charge in [-0.15, -0.1) is 0 Å². The van der Waals surface area contributed by atoms with E-state index in [4.69, 9.17) is 19.2 Å². The Morgan fingerprint density at radius 3 is 2.74 bits per heavy atom. The molecule has 1 amide bonds. The Kier molecular flexibility index (Phi) is 4.95. The van der Waals surface area contributed by atoms with Crippen molar-refractivity contribution in [2.45, 2.75) is 0 Å². The van der Waals surface area contributed by atoms with Gasteiger partial charge in [0.05, 0.1) is 7.11 Å². The van der Waals surface area contributed by atoms with E-state index >= 15 is 0 Å². The molecule has 3 rings (SSSR count). The van der Waals surface area contributed by atoms with Gasteiger partial charge in [-0.2, -0.15) is 5.26 Å². The van der Waals surface area contributed by atoms with Gasteiger partial charge >= 0.3 is 5.97 Å². The van der Waals surface area contributed by atoms with Gasteiger partial charge in [-0.1, -0.05) is 18.2 Å². The number of phenolic OH excluding ortho intramolecular Hbond substituents is 1. The molecule has 8 nitrogen and oxygen atoms in total. The van der Waals surface area contributed by atoms with Gasteiger partial charge in [-0.3, -0.25) is 4.79 Å². The number of hydrogen-bond donors (Lipinski definition) is 2. The summed E-state index contributed by atoms with van der Waals surface area (Å²) in [5.74, 6) is -1.87. The molecule has 0 saturated carbocycles. The molecule has 8 heteroatoms. The number of benzene rings is 2. The van der Waals surface area contributed by atoms with Gasteiger partial charge in [-0.25, -0.2) is 4.79 Å². The number of ether oxygens (including phenoxy) is 2. The number of fused-ring (bicyclic) bond motifs is 1. The number of carbonyl (C=O) groups is 2. The minimum atomic E-state index is -0.890. The molecule has 1 heterocycles. The van der Waals surface area contributed by atoms with Crippen molar-refractivity contribution >= 4 is 28.5 Å². The standard InChI is InChI=1S/C19H14N2O6/c1-25-14-8-4-6-12(18(14)23)19(24)26-10-16(22)21-17-11-5-2-3-7-13(11)27-15(17)9-20/h2-8,23H,10H2,1H3,(H,21,22). The highest BCUT2D eigenvalue weighted by Gasteiger charge is 2.19. The highest BCUT2D eigenvalue weighted by Crippen LogP contribution is 2.31. The van der Waals surface area contributed by atoms with Crippen LogP contribution in [-0.4, -0.2) is 30.7 Å². The minimum Gasteiger partial charge on any atom is -0.504 e. The number of esters is 1. The number of aromatic hydroxyl groups is 1. The molecule has 0 atom stereocenters. The third-order valence-electron chi connectivity index (χ3n) is 3.73. The average Bonchev–Trinajstić information content (AvgIpc) is 3.04. The van der Waals surface area contributed by atoms with E-state index in [0.717, 1.165) is 0 Å². The van der Waals surface area contributed by atoms with Crippen LogP contribution in [-0.2, 0) is 9.53 Å². The lowest BCUT2D eigenvalue weighted by Gasteiger charge is -2.09. The number of nitriles is 1. The number of methoxy groups -OCH3 is 1. The van der Waals surface area contributed by atoms with Crippen molar-refractivity contribution in [3.05, 3.63) is 53.8 Å². The molecule has 0 aliphatic rings. The summed E-state index contributed by atoms with van der Waals surface area (Å²) in [6.45, 7) is -0.611. The van der Waals surface area contributed by atoms with Crippen LogP contribution in [0.5, 0.6) is 11.5 Å². The second kappa shape index (κ2) is 7.49. The zero-order valence-electron chi connectivity index (χ0n) is 14.2. The molecule has 2 N–H and O–H groups in total. The third kappa shape index (κ3) is 3.52. The van der Waals surface area contributed by atoms with E-state index in [1.807, 2.05) is 6.07 Å². The van der Waals surface area contributed by atoms with Crippen LogP contribution >= 0.6 is 0 Å². The van der Waals surface area contributed by atoms with Crippen LogP contribution in [0.15, 0.2) is 46.9 Å². The summed E-state index contributed by atoms with van der Waals surface area (Å²) < 4.78 is 15.2. The summed E-state index contributed by atoms with van der Waals surface area (Å²) in [4.78, 5) is 24.2. The van der Waals surface area contributed by atoms with E-state index in [1.54, 1.807) is 24.3 Å². The highest BCUT2D eigenvalue weighted by atomic mass is 16.5. The van der Waals surface area contributed by atoms with E-state index in [9.17, 15) is 14.7 Å². The summed E-state index contributed by atoms with van der Waals surface area (Å²) in [5, 5.41) is 22.2. The summed E-state index contributed by atoms with van der Waals surface area (Å²) in [7, 11) is 1.35. The van der Waals surface area contributed by atoms with Crippen molar-refractivity contribution in [1.29, 1.82) is 5.26 Å². The number of rotatable bonds is 5. The molecular formula is C19H14N2O6. The number of phenols is 1. The van der Waals surface area contributed by atoms with E-state index in [-0.39, 0.29) is 28.5 Å². The van der Waals surface area contributed by atoms with E-state index in [1.165, 1.54) is 25.3 Å². The molecule has 0 unspecified atom stereocenters. The number of nitrogens with one attached hydrogen (secondary N) is 1. The van der Waals surface area contributed by atoms with Crippen LogP contribution in [0, 0.1) is 11.3 Å². The Morgan fingerprint density at radius 1 is 1.22 bits per heavy atom. The number of carbonyl (C=O) groups excluding carboxylic acids is 2. The lowest BCUT2D eigenvalue weighted by atomic mass is 10.2. The lowest BCUT2D eigenvalue weighted by Crippen LogP contribution is -2.21. The third-order valence-corrected chi connectivity index (χ3v) is 3.73. The normalized spacial score (nSPS) is 10.2. The molecular weight excluding hydrogens is 352 g/mol. The van der Waals surface area contributed by atoms with Crippen LogP contribution in [0.3, 0.4) is 0 Å². The van der Waals surface area contributed by atoms with E-state index < -0.39 is 18.5 Å². The molecule has 0 radical (unpaired) electrons. The van der Waals surface area contributed by atoms with Crippen molar-refractivity contribution in [1.82, 2.24) is 0 Å². The number of para-hydroxylation sites is 2. The van der Waals surface area contributed by atoms with Gasteiger partial charge in [-0.05, 0) is 24.3 Å². The molecule has 0 aliphatic heterocycles. The minimum absolute atomic E-state index is 0.0543. The van der Waals surface area contributed by atoms with E-state index in [2.05, 4.69) is 5.32 Å². The Bertz CT molecular complexity index is 1060. The second-order valence-electron chi connectivity index (χ2n) is 5.39. The molecule has 1 aromatic heterocycles. The monoisotopic (exact) mass is 366 g/mol. The first-order valence-corrected chi connectivity index (χ1v) is 7.79. The Hall–Kier alpha value is -3.99. The molecule has 0 bridgehead atoms. The maximum Gasteiger partial charge on any atom is 0.342 e. The molecule has 0 aliphatic carbocycles. The molecule has 0 saturated heterocycles. The fraction of sp³-hybridized carbons (Fsp3) is 0.105. The first-order valence-electron chi connectivity index (χ1n) is 7.79. The Labute approximate surface area is 153 Å². The summed E-state index contributed by atoms with van der Waals surface area (Å²) in [6.07, 6.45) is 0. The Balaban J connectivity index is 1.71. The van der Waals surface area contributed by atoms with Crippen LogP contribution in [0.25, 0.3) is 11.0 Å². The first-order chi connectivity index (χ1) is 13.0. The van der Waals surface area contributed by atoms with Gasteiger partial charge < -0.3 is 24.3 Å². The topological polar surface area (TPSA) is 122 Å². The van der Waals surface area contributed by atoms with Crippen LogP contribution in [0.2, 0.25) is 0 Å². The van der Waals surface area contributed by atoms with Gasteiger partial charge in [0.2, 0.25) is 5.76 Å². The zero-order valence-corrected chi connectivity index (χ0v) is 14.2. The molecule has 27 heavy (non-hydrogen) atoms. The van der Waals surface area contributed by atoms with Crippen molar-refractivity contribution in [2.24, 2.45) is 0 Å². The molecule has 136 valence electrons. The second-order valence-corrected chi connectivity index (χ2v) is 5.39. The van der Waals surface area contributed by atoms with Gasteiger partial charge in [0, 0.05) is 5.39 Å². The van der Waals surface area contributed by atoms with Crippen molar-refractivity contribution < 1.29 is 28.6 Å². The zero-order chi connectivity index (χ0) is 19.4. The van der Waals surface area contributed by atoms with Crippen LogP contribution < -0.4 is 10.1 Å². The molecule has 0 spiro atoms. The van der Waals surface area contributed by atoms with Crippen LogP contribution in [0.4, 0.5) is 5.69 Å². The fourth-order valence-corrected chi connectivity index (χ4v) is 2.48. The van der Waals surface area contributed by atoms with Gasteiger partial charge in [0.25, 0.3) is 5.91 Å². The predicted molar refractivity (Wildman–Crippen MR) is 94.5 cm³/mol. The first kappa shape index (κ1) is 17.8. The fourth-order valence-electron chi connectivity index (χ4n) is 2.48. The number of hydrogen-bond acceptors (Lipinski definition) is 7. The smallest absolute Gasteiger partial charge is 0.342 e. The number of furan rings is 1. The van der Waals surface area contributed by atoms with Gasteiger partial charge in [0.15, 0.2) is 18.1 Å². The SMILES string of the molecule is COc1cccc(C(=O)OCC(=O)Nc2c(C#N)oc3ccccc23)c1O. The van der Waals surface area contributed by atoms with E-state index in [0.29, 0.717) is 11.0 Å². The Morgan fingerprint density at radius 2 is 2.00 bits per heavy atom. The largest absolute Gasteiger partial charge is 0.504 e. The quantitative estimate of drug-likeness (QED) is 0.666. The summed E-state index contributed by atoms with van der Waals surface area (Å²) in [5.41, 5.74) is 0.523. The van der Waals surface area contributed by atoms with Crippen LogP contribution in [0.1, 0.15) is 16.1 Å². The lowest BCUT2D eigenvalue weighted by molar-refractivity contribution is -0.119.